The molecular formula is C18H23NO5. The van der Waals surface area contributed by atoms with Crippen molar-refractivity contribution in [1.82, 2.24) is 4.90 Å². The summed E-state index contributed by atoms with van der Waals surface area (Å²) >= 11 is 0. The molecule has 1 amide bonds. The maximum Gasteiger partial charge on any atom is 0.250 e. The van der Waals surface area contributed by atoms with Gasteiger partial charge in [-0.3, -0.25) is 4.79 Å². The predicted molar refractivity (Wildman–Crippen MR) is 87.4 cm³/mol. The molecule has 0 spiro atoms. The van der Waals surface area contributed by atoms with Crippen molar-refractivity contribution >= 4 is 5.91 Å². The molecule has 1 aliphatic heterocycles. The van der Waals surface area contributed by atoms with Crippen LogP contribution >= 0.6 is 0 Å². The highest BCUT2D eigenvalue weighted by molar-refractivity contribution is 5.94. The lowest BCUT2D eigenvalue weighted by Crippen LogP contribution is -2.43. The average molecular weight is 333 g/mol. The fraction of sp³-hybridized carbons (Fsp3) is 0.500. The average Bonchev–Trinajstić information content (AvgIpc) is 3.08. The molecule has 1 aromatic carbocycles. The highest BCUT2D eigenvalue weighted by atomic mass is 16.5. The zero-order valence-corrected chi connectivity index (χ0v) is 13.6. The van der Waals surface area contributed by atoms with Crippen LogP contribution in [0.5, 0.6) is 5.75 Å². The van der Waals surface area contributed by atoms with Gasteiger partial charge in [0.2, 0.25) is 5.91 Å². The SMILES string of the molecule is COc1ccc(C2CCCN2C(=O)C2=C[C@@H](O)[C@@H](O)[C@H](O)C2)cc1. The Morgan fingerprint density at radius 1 is 1.21 bits per heavy atom. The molecule has 3 rings (SSSR count). The van der Waals surface area contributed by atoms with Crippen molar-refractivity contribution in [1.29, 1.82) is 0 Å². The molecule has 3 N–H and O–H groups in total. The number of likely N-dealkylation sites (tertiary alicyclic amines) is 1. The number of ether oxygens (including phenoxy) is 1. The summed E-state index contributed by atoms with van der Waals surface area (Å²) in [5.74, 6) is 0.586. The lowest BCUT2D eigenvalue weighted by molar-refractivity contribution is -0.129. The van der Waals surface area contributed by atoms with Crippen LogP contribution in [0, 0.1) is 0 Å². The number of rotatable bonds is 3. The lowest BCUT2D eigenvalue weighted by Gasteiger charge is -2.31. The molecular weight excluding hydrogens is 310 g/mol. The van der Waals surface area contributed by atoms with Crippen molar-refractivity contribution in [2.75, 3.05) is 13.7 Å². The molecule has 1 aromatic rings. The largest absolute Gasteiger partial charge is 0.497 e. The van der Waals surface area contributed by atoms with Crippen LogP contribution in [0.2, 0.25) is 0 Å². The first-order valence-corrected chi connectivity index (χ1v) is 8.21. The monoisotopic (exact) mass is 333 g/mol. The Hall–Kier alpha value is -1.89. The number of hydrogen-bond acceptors (Lipinski definition) is 5. The van der Waals surface area contributed by atoms with Gasteiger partial charge in [0.05, 0.1) is 19.3 Å². The van der Waals surface area contributed by atoms with Crippen LogP contribution < -0.4 is 4.74 Å². The molecule has 6 nitrogen and oxygen atoms in total. The van der Waals surface area contributed by atoms with Crippen molar-refractivity contribution in [3.05, 3.63) is 41.5 Å². The van der Waals surface area contributed by atoms with Gasteiger partial charge in [-0.2, -0.15) is 0 Å². The number of aliphatic hydroxyl groups is 3. The van der Waals surface area contributed by atoms with E-state index in [0.29, 0.717) is 12.1 Å². The molecule has 0 saturated carbocycles. The Bertz CT molecular complexity index is 627. The summed E-state index contributed by atoms with van der Waals surface area (Å²) in [6, 6.07) is 7.64. The summed E-state index contributed by atoms with van der Waals surface area (Å²) < 4.78 is 5.17. The lowest BCUT2D eigenvalue weighted by atomic mass is 9.91. The van der Waals surface area contributed by atoms with Crippen molar-refractivity contribution in [2.24, 2.45) is 0 Å². The maximum absolute atomic E-state index is 12.8. The van der Waals surface area contributed by atoms with E-state index in [9.17, 15) is 20.1 Å². The van der Waals surface area contributed by atoms with Gasteiger partial charge in [0, 0.05) is 18.5 Å². The van der Waals surface area contributed by atoms with Crippen LogP contribution in [0.3, 0.4) is 0 Å². The van der Waals surface area contributed by atoms with Crippen molar-refractivity contribution < 1.29 is 24.9 Å². The third kappa shape index (κ3) is 3.17. The second-order valence-electron chi connectivity index (χ2n) is 6.37. The number of methoxy groups -OCH3 is 1. The van der Waals surface area contributed by atoms with E-state index in [1.807, 2.05) is 24.3 Å². The topological polar surface area (TPSA) is 90.2 Å². The number of amides is 1. The molecule has 1 saturated heterocycles. The van der Waals surface area contributed by atoms with Gasteiger partial charge in [-0.25, -0.2) is 0 Å². The van der Waals surface area contributed by atoms with Crippen LogP contribution in [-0.2, 0) is 4.79 Å². The Morgan fingerprint density at radius 2 is 1.92 bits per heavy atom. The van der Waals surface area contributed by atoms with Gasteiger partial charge in [-0.05, 0) is 36.6 Å². The quantitative estimate of drug-likeness (QED) is 0.760. The van der Waals surface area contributed by atoms with Crippen LogP contribution in [0.4, 0.5) is 0 Å². The zero-order chi connectivity index (χ0) is 17.3. The maximum atomic E-state index is 12.8. The van der Waals surface area contributed by atoms with Gasteiger partial charge < -0.3 is 25.0 Å². The molecule has 0 bridgehead atoms. The van der Waals surface area contributed by atoms with Crippen molar-refractivity contribution in [3.8, 4) is 5.75 Å². The van der Waals surface area contributed by atoms with E-state index in [1.165, 1.54) is 6.08 Å². The number of nitrogens with zero attached hydrogens (tertiary/aromatic N) is 1. The van der Waals surface area contributed by atoms with Crippen LogP contribution in [0.15, 0.2) is 35.9 Å². The third-order valence-corrected chi connectivity index (χ3v) is 4.83. The summed E-state index contributed by atoms with van der Waals surface area (Å²) in [5.41, 5.74) is 1.40. The number of hydrogen-bond donors (Lipinski definition) is 3. The van der Waals surface area contributed by atoms with Gasteiger partial charge in [-0.1, -0.05) is 12.1 Å². The standard InChI is InChI=1S/C18H23NO5/c1-24-13-6-4-11(5-7-13)14-3-2-8-19(14)18(23)12-9-15(20)17(22)16(21)10-12/h4-7,9,14-17,20-22H,2-3,8,10H2,1H3/t14?,15-,16-,17-/m1/s1. The van der Waals surface area contributed by atoms with Crippen LogP contribution in [0.25, 0.3) is 0 Å². The molecule has 2 aliphatic rings. The molecule has 0 aromatic heterocycles. The van der Waals surface area contributed by atoms with Crippen molar-refractivity contribution in [3.63, 3.8) is 0 Å². The highest BCUT2D eigenvalue weighted by Crippen LogP contribution is 2.35. The van der Waals surface area contributed by atoms with E-state index in [0.717, 1.165) is 24.2 Å². The molecule has 1 aliphatic carbocycles. The minimum Gasteiger partial charge on any atom is -0.497 e. The minimum atomic E-state index is -1.24. The Labute approximate surface area is 141 Å². The molecule has 1 heterocycles. The Kier molecular flexibility index (Phi) is 4.89. The number of benzene rings is 1. The normalized spacial score (nSPS) is 30.2. The predicted octanol–water partition coefficient (Wildman–Crippen LogP) is 0.771. The van der Waals surface area contributed by atoms with Gasteiger partial charge in [0.25, 0.3) is 0 Å². The Morgan fingerprint density at radius 3 is 2.54 bits per heavy atom. The molecule has 0 radical (unpaired) electrons. The number of aliphatic hydroxyl groups excluding tert-OH is 3. The summed E-state index contributed by atoms with van der Waals surface area (Å²) in [6.07, 6.45) is -0.368. The summed E-state index contributed by atoms with van der Waals surface area (Å²) in [6.45, 7) is 0.640. The third-order valence-electron chi connectivity index (χ3n) is 4.83. The van der Waals surface area contributed by atoms with E-state index >= 15 is 0 Å². The van der Waals surface area contributed by atoms with Gasteiger partial charge >= 0.3 is 0 Å². The molecule has 24 heavy (non-hydrogen) atoms. The van der Waals surface area contributed by atoms with E-state index in [2.05, 4.69) is 0 Å². The molecule has 1 unspecified atom stereocenters. The fourth-order valence-electron chi connectivity index (χ4n) is 3.47. The van der Waals surface area contributed by atoms with E-state index in [1.54, 1.807) is 12.0 Å². The minimum absolute atomic E-state index is 0.0227. The molecule has 4 atom stereocenters. The first kappa shape index (κ1) is 17.0. The van der Waals surface area contributed by atoms with E-state index in [-0.39, 0.29) is 18.4 Å². The molecule has 130 valence electrons. The summed E-state index contributed by atoms with van der Waals surface area (Å²) in [4.78, 5) is 14.6. The fourth-order valence-corrected chi connectivity index (χ4v) is 3.47. The van der Waals surface area contributed by atoms with Crippen LogP contribution in [-0.4, -0.2) is 58.1 Å². The first-order chi connectivity index (χ1) is 11.5. The zero-order valence-electron chi connectivity index (χ0n) is 13.6. The second-order valence-corrected chi connectivity index (χ2v) is 6.37. The summed E-state index contributed by atoms with van der Waals surface area (Å²) in [7, 11) is 1.61. The van der Waals surface area contributed by atoms with Gasteiger partial charge in [0.15, 0.2) is 0 Å². The highest BCUT2D eigenvalue weighted by Gasteiger charge is 2.36. The first-order valence-electron chi connectivity index (χ1n) is 8.21. The smallest absolute Gasteiger partial charge is 0.250 e. The van der Waals surface area contributed by atoms with Crippen molar-refractivity contribution in [2.45, 2.75) is 43.6 Å². The Balaban J connectivity index is 1.79. The van der Waals surface area contributed by atoms with Gasteiger partial charge in [0.1, 0.15) is 18.0 Å². The molecule has 1 fully saturated rings. The van der Waals surface area contributed by atoms with E-state index < -0.39 is 18.3 Å². The number of carbonyl (C=O) groups is 1. The second kappa shape index (κ2) is 6.93. The molecule has 6 heteroatoms. The van der Waals surface area contributed by atoms with E-state index in [4.69, 9.17) is 4.74 Å². The van der Waals surface area contributed by atoms with Gasteiger partial charge in [-0.15, -0.1) is 0 Å². The number of carbonyl (C=O) groups excluding carboxylic acids is 1. The summed E-state index contributed by atoms with van der Waals surface area (Å²) in [5, 5.41) is 29.2. The van der Waals surface area contributed by atoms with Crippen LogP contribution in [0.1, 0.15) is 30.9 Å².